The second-order valence-electron chi connectivity index (χ2n) is 3.56. The van der Waals surface area contributed by atoms with Crippen LogP contribution in [0.5, 0.6) is 0 Å². The van der Waals surface area contributed by atoms with Crippen LogP contribution in [0.1, 0.15) is 26.2 Å². The highest BCUT2D eigenvalue weighted by atomic mass is 16.4. The van der Waals surface area contributed by atoms with E-state index in [-0.39, 0.29) is 6.03 Å². The van der Waals surface area contributed by atoms with Crippen LogP contribution in [0, 0.1) is 0 Å². The highest BCUT2D eigenvalue weighted by Crippen LogP contribution is 2.08. The SMILES string of the molecule is C[C@H](NC(=O)N1CCCCC1)C(=O)O. The number of urea groups is 1. The molecule has 0 bridgehead atoms. The second kappa shape index (κ2) is 4.83. The van der Waals surface area contributed by atoms with Crippen LogP contribution in [0.15, 0.2) is 0 Å². The molecule has 0 unspecified atom stereocenters. The number of amides is 2. The minimum atomic E-state index is -1.00. The van der Waals surface area contributed by atoms with Crippen molar-refractivity contribution in [2.45, 2.75) is 32.2 Å². The molecule has 0 aromatic heterocycles. The lowest BCUT2D eigenvalue weighted by Gasteiger charge is -2.27. The molecule has 2 amide bonds. The van der Waals surface area contributed by atoms with Crippen molar-refractivity contribution in [2.75, 3.05) is 13.1 Å². The van der Waals surface area contributed by atoms with Gasteiger partial charge in [-0.2, -0.15) is 0 Å². The van der Waals surface area contributed by atoms with E-state index in [1.165, 1.54) is 6.92 Å². The predicted molar refractivity (Wildman–Crippen MR) is 51.1 cm³/mol. The van der Waals surface area contributed by atoms with E-state index in [0.29, 0.717) is 0 Å². The van der Waals surface area contributed by atoms with Gasteiger partial charge in [-0.1, -0.05) is 0 Å². The number of carboxylic acid groups (broad SMARTS) is 1. The van der Waals surface area contributed by atoms with Gasteiger partial charge in [-0.15, -0.1) is 0 Å². The van der Waals surface area contributed by atoms with Crippen LogP contribution < -0.4 is 5.32 Å². The van der Waals surface area contributed by atoms with Gasteiger partial charge >= 0.3 is 12.0 Å². The molecule has 5 nitrogen and oxygen atoms in total. The summed E-state index contributed by atoms with van der Waals surface area (Å²) in [6.07, 6.45) is 3.17. The Morgan fingerprint density at radius 2 is 1.86 bits per heavy atom. The lowest BCUT2D eigenvalue weighted by Crippen LogP contribution is -2.48. The number of hydrogen-bond acceptors (Lipinski definition) is 2. The van der Waals surface area contributed by atoms with E-state index in [4.69, 9.17) is 5.11 Å². The highest BCUT2D eigenvalue weighted by molar-refractivity contribution is 5.82. The Labute approximate surface area is 83.1 Å². The predicted octanol–water partition coefficient (Wildman–Crippen LogP) is 0.655. The van der Waals surface area contributed by atoms with Crippen molar-refractivity contribution in [1.29, 1.82) is 0 Å². The van der Waals surface area contributed by atoms with E-state index >= 15 is 0 Å². The fraction of sp³-hybridized carbons (Fsp3) is 0.778. The van der Waals surface area contributed by atoms with Gasteiger partial charge < -0.3 is 15.3 Å². The van der Waals surface area contributed by atoms with Gasteiger partial charge in [-0.25, -0.2) is 4.79 Å². The lowest BCUT2D eigenvalue weighted by molar-refractivity contribution is -0.138. The third-order valence-electron chi connectivity index (χ3n) is 2.35. The van der Waals surface area contributed by atoms with E-state index in [0.717, 1.165) is 32.4 Å². The molecule has 14 heavy (non-hydrogen) atoms. The monoisotopic (exact) mass is 200 g/mol. The zero-order chi connectivity index (χ0) is 10.6. The zero-order valence-electron chi connectivity index (χ0n) is 8.32. The second-order valence-corrected chi connectivity index (χ2v) is 3.56. The minimum Gasteiger partial charge on any atom is -0.480 e. The van der Waals surface area contributed by atoms with Gasteiger partial charge in [0, 0.05) is 13.1 Å². The Bertz CT molecular complexity index is 224. The maximum absolute atomic E-state index is 11.5. The van der Waals surface area contributed by atoms with Gasteiger partial charge in [-0.3, -0.25) is 4.79 Å². The number of carboxylic acids is 1. The molecule has 1 aliphatic rings. The molecule has 0 saturated carbocycles. The summed E-state index contributed by atoms with van der Waals surface area (Å²) in [7, 11) is 0. The third kappa shape index (κ3) is 2.90. The van der Waals surface area contributed by atoms with Crippen molar-refractivity contribution in [3.63, 3.8) is 0 Å². The zero-order valence-corrected chi connectivity index (χ0v) is 8.32. The number of nitrogens with zero attached hydrogens (tertiary/aromatic N) is 1. The Hall–Kier alpha value is -1.26. The number of carbonyl (C=O) groups excluding carboxylic acids is 1. The molecule has 0 aromatic rings. The number of likely N-dealkylation sites (tertiary alicyclic amines) is 1. The van der Waals surface area contributed by atoms with E-state index in [1.807, 2.05) is 0 Å². The maximum atomic E-state index is 11.5. The molecule has 1 heterocycles. The molecule has 0 aromatic carbocycles. The Kier molecular flexibility index (Phi) is 3.73. The number of carbonyl (C=O) groups is 2. The fourth-order valence-electron chi connectivity index (χ4n) is 1.44. The van der Waals surface area contributed by atoms with Crippen molar-refractivity contribution in [3.8, 4) is 0 Å². The Morgan fingerprint density at radius 1 is 1.29 bits per heavy atom. The molecule has 0 aliphatic carbocycles. The normalized spacial score (nSPS) is 18.8. The number of rotatable bonds is 2. The van der Waals surface area contributed by atoms with Crippen LogP contribution in [0.3, 0.4) is 0 Å². The van der Waals surface area contributed by atoms with Crippen molar-refractivity contribution >= 4 is 12.0 Å². The van der Waals surface area contributed by atoms with Crippen LogP contribution in [0.25, 0.3) is 0 Å². The largest absolute Gasteiger partial charge is 0.480 e. The minimum absolute atomic E-state index is 0.264. The van der Waals surface area contributed by atoms with Crippen molar-refractivity contribution in [2.24, 2.45) is 0 Å². The Morgan fingerprint density at radius 3 is 2.36 bits per heavy atom. The molecule has 1 rings (SSSR count). The van der Waals surface area contributed by atoms with Crippen LogP contribution in [-0.2, 0) is 4.79 Å². The summed E-state index contributed by atoms with van der Waals surface area (Å²) >= 11 is 0. The number of piperidine rings is 1. The van der Waals surface area contributed by atoms with Crippen LogP contribution in [-0.4, -0.2) is 41.1 Å². The van der Waals surface area contributed by atoms with E-state index < -0.39 is 12.0 Å². The topological polar surface area (TPSA) is 69.6 Å². The van der Waals surface area contributed by atoms with Gasteiger partial charge in [-0.05, 0) is 26.2 Å². The number of nitrogens with one attached hydrogen (secondary N) is 1. The molecule has 80 valence electrons. The molecule has 0 radical (unpaired) electrons. The smallest absolute Gasteiger partial charge is 0.325 e. The first-order chi connectivity index (χ1) is 6.61. The van der Waals surface area contributed by atoms with Crippen molar-refractivity contribution in [3.05, 3.63) is 0 Å². The van der Waals surface area contributed by atoms with Gasteiger partial charge in [0.15, 0.2) is 0 Å². The molecule has 1 aliphatic heterocycles. The summed E-state index contributed by atoms with van der Waals surface area (Å²) in [4.78, 5) is 23.6. The van der Waals surface area contributed by atoms with E-state index in [1.54, 1.807) is 4.90 Å². The van der Waals surface area contributed by atoms with E-state index in [9.17, 15) is 9.59 Å². The van der Waals surface area contributed by atoms with E-state index in [2.05, 4.69) is 5.32 Å². The standard InChI is InChI=1S/C9H16N2O3/c1-7(8(12)13)10-9(14)11-5-3-2-4-6-11/h7H,2-6H2,1H3,(H,10,14)(H,12,13)/t7-/m0/s1. The summed E-state index contributed by atoms with van der Waals surface area (Å²) in [6.45, 7) is 2.93. The third-order valence-corrected chi connectivity index (χ3v) is 2.35. The molecule has 2 N–H and O–H groups in total. The van der Waals surface area contributed by atoms with Crippen molar-refractivity contribution in [1.82, 2.24) is 10.2 Å². The summed E-state index contributed by atoms with van der Waals surface area (Å²) in [5.41, 5.74) is 0. The lowest BCUT2D eigenvalue weighted by atomic mass is 10.1. The first-order valence-corrected chi connectivity index (χ1v) is 4.89. The summed E-state index contributed by atoms with van der Waals surface area (Å²) in [5, 5.41) is 11.0. The highest BCUT2D eigenvalue weighted by Gasteiger charge is 2.20. The molecular weight excluding hydrogens is 184 g/mol. The van der Waals surface area contributed by atoms with Crippen molar-refractivity contribution < 1.29 is 14.7 Å². The maximum Gasteiger partial charge on any atom is 0.325 e. The number of aliphatic carboxylic acids is 1. The summed E-state index contributed by atoms with van der Waals surface area (Å²) < 4.78 is 0. The summed E-state index contributed by atoms with van der Waals surface area (Å²) in [6, 6.07) is -1.08. The summed E-state index contributed by atoms with van der Waals surface area (Å²) in [5.74, 6) is -1.00. The average Bonchev–Trinajstić information content (AvgIpc) is 2.19. The molecule has 5 heteroatoms. The molecule has 1 saturated heterocycles. The molecule has 1 fully saturated rings. The van der Waals surface area contributed by atoms with Gasteiger partial charge in [0.25, 0.3) is 0 Å². The number of hydrogen-bond donors (Lipinski definition) is 2. The molecule has 0 spiro atoms. The first kappa shape index (κ1) is 10.8. The average molecular weight is 200 g/mol. The van der Waals surface area contributed by atoms with Crippen LogP contribution in [0.4, 0.5) is 4.79 Å². The quantitative estimate of drug-likeness (QED) is 0.687. The molecule has 1 atom stereocenters. The van der Waals surface area contributed by atoms with Crippen LogP contribution in [0.2, 0.25) is 0 Å². The van der Waals surface area contributed by atoms with Gasteiger partial charge in [0.1, 0.15) is 6.04 Å². The Balaban J connectivity index is 2.36. The fourth-order valence-corrected chi connectivity index (χ4v) is 1.44. The van der Waals surface area contributed by atoms with Gasteiger partial charge in [0.05, 0.1) is 0 Å². The van der Waals surface area contributed by atoms with Gasteiger partial charge in [0.2, 0.25) is 0 Å². The van der Waals surface area contributed by atoms with Crippen LogP contribution >= 0.6 is 0 Å². The molecular formula is C9H16N2O3. The first-order valence-electron chi connectivity index (χ1n) is 4.89.